The van der Waals surface area contributed by atoms with Gasteiger partial charge in [-0.25, -0.2) is 0 Å². The summed E-state index contributed by atoms with van der Waals surface area (Å²) in [7, 11) is 1.91. The van der Waals surface area contributed by atoms with Crippen LogP contribution in [0, 0.1) is 0 Å². The minimum Gasteiger partial charge on any atom is -0.379 e. The number of nitrogens with one attached hydrogen (secondary N) is 1. The maximum absolute atomic E-state index is 5.53. The van der Waals surface area contributed by atoms with Gasteiger partial charge in [0.15, 0.2) is 0 Å². The van der Waals surface area contributed by atoms with E-state index in [0.29, 0.717) is 39.6 Å². The van der Waals surface area contributed by atoms with Gasteiger partial charge in [0.25, 0.3) is 0 Å². The van der Waals surface area contributed by atoms with Gasteiger partial charge >= 0.3 is 0 Å². The summed E-state index contributed by atoms with van der Waals surface area (Å²) in [5.74, 6) is 0. The van der Waals surface area contributed by atoms with Crippen molar-refractivity contribution in [3.63, 3.8) is 0 Å². The van der Waals surface area contributed by atoms with Crippen molar-refractivity contribution in [2.45, 2.75) is 45.4 Å². The maximum Gasteiger partial charge on any atom is 0.0701 e. The number of hydrogen-bond donors (Lipinski definition) is 1. The Morgan fingerprint density at radius 3 is 1.55 bits per heavy atom. The molecule has 5 nitrogen and oxygen atoms in total. The van der Waals surface area contributed by atoms with Crippen LogP contribution in [0.3, 0.4) is 0 Å². The molecule has 0 aliphatic carbocycles. The summed E-state index contributed by atoms with van der Waals surface area (Å²) in [6.07, 6.45) is 7.81. The molecule has 0 aromatic heterocycles. The van der Waals surface area contributed by atoms with Crippen LogP contribution in [0.1, 0.15) is 45.4 Å². The van der Waals surface area contributed by atoms with E-state index in [4.69, 9.17) is 18.9 Å². The van der Waals surface area contributed by atoms with Gasteiger partial charge in [-0.2, -0.15) is 0 Å². The average molecular weight is 319 g/mol. The second-order valence-electron chi connectivity index (χ2n) is 5.32. The van der Waals surface area contributed by atoms with E-state index in [9.17, 15) is 0 Å². The van der Waals surface area contributed by atoms with E-state index in [1.165, 1.54) is 38.5 Å². The van der Waals surface area contributed by atoms with E-state index in [2.05, 4.69) is 12.2 Å². The summed E-state index contributed by atoms with van der Waals surface area (Å²) in [6, 6.07) is 0. The van der Waals surface area contributed by atoms with Crippen molar-refractivity contribution < 1.29 is 18.9 Å². The summed E-state index contributed by atoms with van der Waals surface area (Å²) < 4.78 is 21.7. The van der Waals surface area contributed by atoms with Gasteiger partial charge in [0.05, 0.1) is 46.2 Å². The fraction of sp³-hybridized carbons (Fsp3) is 1.00. The van der Waals surface area contributed by atoms with Gasteiger partial charge in [0.2, 0.25) is 0 Å². The van der Waals surface area contributed by atoms with E-state index >= 15 is 0 Å². The fourth-order valence-electron chi connectivity index (χ4n) is 1.92. The molecule has 0 aromatic rings. The van der Waals surface area contributed by atoms with Crippen molar-refractivity contribution >= 4 is 0 Å². The Balaban J connectivity index is 2.91. The normalized spacial score (nSPS) is 11.2. The molecule has 0 fully saturated rings. The van der Waals surface area contributed by atoms with Crippen molar-refractivity contribution in [3.05, 3.63) is 0 Å². The van der Waals surface area contributed by atoms with E-state index in [1.54, 1.807) is 0 Å². The van der Waals surface area contributed by atoms with Crippen LogP contribution >= 0.6 is 0 Å². The molecule has 0 saturated carbocycles. The molecule has 0 amide bonds. The summed E-state index contributed by atoms with van der Waals surface area (Å²) in [4.78, 5) is 0. The Labute approximate surface area is 137 Å². The van der Waals surface area contributed by atoms with Gasteiger partial charge in [-0.15, -0.1) is 0 Å². The lowest BCUT2D eigenvalue weighted by molar-refractivity contribution is -0.00170. The molecular weight excluding hydrogens is 282 g/mol. The molecule has 134 valence electrons. The third kappa shape index (κ3) is 19.8. The van der Waals surface area contributed by atoms with Gasteiger partial charge in [-0.1, -0.05) is 39.0 Å². The van der Waals surface area contributed by atoms with Gasteiger partial charge < -0.3 is 24.3 Å². The Bertz CT molecular complexity index is 173. The Hall–Kier alpha value is -0.200. The number of unbranched alkanes of at least 4 members (excludes halogenated alkanes) is 5. The molecule has 22 heavy (non-hydrogen) atoms. The van der Waals surface area contributed by atoms with Crippen LogP contribution < -0.4 is 5.32 Å². The van der Waals surface area contributed by atoms with Gasteiger partial charge in [-0.3, -0.25) is 0 Å². The second kappa shape index (κ2) is 20.8. The zero-order valence-electron chi connectivity index (χ0n) is 14.7. The molecule has 0 bridgehead atoms. The molecule has 0 aliphatic heterocycles. The summed E-state index contributed by atoms with van der Waals surface area (Å²) in [5, 5.41) is 3.02. The first-order valence-electron chi connectivity index (χ1n) is 8.87. The molecule has 5 heteroatoms. The molecule has 1 N–H and O–H groups in total. The Morgan fingerprint density at radius 2 is 1.00 bits per heavy atom. The smallest absolute Gasteiger partial charge is 0.0701 e. The largest absolute Gasteiger partial charge is 0.379 e. The molecule has 0 aromatic carbocycles. The summed E-state index contributed by atoms with van der Waals surface area (Å²) >= 11 is 0. The van der Waals surface area contributed by atoms with E-state index in [0.717, 1.165) is 19.8 Å². The van der Waals surface area contributed by atoms with Gasteiger partial charge in [-0.05, 0) is 13.5 Å². The monoisotopic (exact) mass is 319 g/mol. The lowest BCUT2D eigenvalue weighted by Crippen LogP contribution is -2.17. The van der Waals surface area contributed by atoms with Crippen LogP contribution in [0.4, 0.5) is 0 Å². The van der Waals surface area contributed by atoms with Gasteiger partial charge in [0.1, 0.15) is 0 Å². The first kappa shape index (κ1) is 21.8. The van der Waals surface area contributed by atoms with Crippen LogP contribution in [0.25, 0.3) is 0 Å². The fourth-order valence-corrected chi connectivity index (χ4v) is 1.92. The van der Waals surface area contributed by atoms with Crippen molar-refractivity contribution in [3.8, 4) is 0 Å². The molecular formula is C17H37NO4. The molecule has 0 unspecified atom stereocenters. The minimum atomic E-state index is 0.618. The van der Waals surface area contributed by atoms with Crippen LogP contribution in [-0.2, 0) is 18.9 Å². The summed E-state index contributed by atoms with van der Waals surface area (Å²) in [5.41, 5.74) is 0. The van der Waals surface area contributed by atoms with E-state index < -0.39 is 0 Å². The zero-order chi connectivity index (χ0) is 16.1. The SMILES string of the molecule is CCCCCCCCOCCOCCOCCOCCNC. The molecule has 0 saturated heterocycles. The molecule has 0 spiro atoms. The minimum absolute atomic E-state index is 0.618. The zero-order valence-corrected chi connectivity index (χ0v) is 14.7. The van der Waals surface area contributed by atoms with Crippen LogP contribution in [0.15, 0.2) is 0 Å². The number of rotatable bonds is 19. The molecule has 0 aliphatic rings. The highest BCUT2D eigenvalue weighted by atomic mass is 16.6. The molecule has 0 heterocycles. The highest BCUT2D eigenvalue weighted by molar-refractivity contribution is 4.43. The topological polar surface area (TPSA) is 49.0 Å². The Kier molecular flexibility index (Phi) is 20.6. The van der Waals surface area contributed by atoms with Crippen LogP contribution in [0.2, 0.25) is 0 Å². The van der Waals surface area contributed by atoms with Crippen molar-refractivity contribution in [2.75, 3.05) is 66.4 Å². The quantitative estimate of drug-likeness (QED) is 0.371. The lowest BCUT2D eigenvalue weighted by atomic mass is 10.1. The highest BCUT2D eigenvalue weighted by Crippen LogP contribution is 2.04. The lowest BCUT2D eigenvalue weighted by Gasteiger charge is -2.07. The predicted octanol–water partition coefficient (Wildman–Crippen LogP) is 2.63. The first-order chi connectivity index (χ1) is 10.9. The van der Waals surface area contributed by atoms with Crippen molar-refractivity contribution in [2.24, 2.45) is 0 Å². The number of likely N-dealkylation sites (N-methyl/N-ethyl adjacent to an activating group) is 1. The molecule has 0 atom stereocenters. The third-order valence-electron chi connectivity index (χ3n) is 3.25. The Morgan fingerprint density at radius 1 is 0.545 bits per heavy atom. The third-order valence-corrected chi connectivity index (χ3v) is 3.25. The second-order valence-corrected chi connectivity index (χ2v) is 5.32. The predicted molar refractivity (Wildman–Crippen MR) is 90.6 cm³/mol. The number of ether oxygens (including phenoxy) is 4. The molecule has 0 radical (unpaired) electrons. The maximum atomic E-state index is 5.53. The molecule has 0 rings (SSSR count). The highest BCUT2D eigenvalue weighted by Gasteiger charge is 1.93. The van der Waals surface area contributed by atoms with E-state index in [-0.39, 0.29) is 0 Å². The first-order valence-corrected chi connectivity index (χ1v) is 8.87. The number of hydrogen-bond acceptors (Lipinski definition) is 5. The summed E-state index contributed by atoms with van der Waals surface area (Å²) in [6.45, 7) is 8.55. The van der Waals surface area contributed by atoms with Crippen molar-refractivity contribution in [1.29, 1.82) is 0 Å². The van der Waals surface area contributed by atoms with E-state index in [1.807, 2.05) is 7.05 Å². The van der Waals surface area contributed by atoms with Crippen LogP contribution in [-0.4, -0.2) is 66.4 Å². The van der Waals surface area contributed by atoms with Crippen molar-refractivity contribution in [1.82, 2.24) is 5.32 Å². The average Bonchev–Trinajstić information content (AvgIpc) is 2.54. The van der Waals surface area contributed by atoms with Crippen LogP contribution in [0.5, 0.6) is 0 Å². The van der Waals surface area contributed by atoms with Gasteiger partial charge in [0, 0.05) is 13.2 Å². The standard InChI is InChI=1S/C17H37NO4/c1-3-4-5-6-7-8-10-19-12-14-21-16-17-22-15-13-20-11-9-18-2/h18H,3-17H2,1-2H3.